The van der Waals surface area contributed by atoms with Gasteiger partial charge < -0.3 is 5.32 Å². The van der Waals surface area contributed by atoms with Gasteiger partial charge >= 0.3 is 0 Å². The molecule has 1 aromatic carbocycles. The van der Waals surface area contributed by atoms with Gasteiger partial charge in [0, 0.05) is 25.7 Å². The molecule has 1 N–H and O–H groups in total. The van der Waals surface area contributed by atoms with Crippen LogP contribution in [0, 0.1) is 18.3 Å². The van der Waals surface area contributed by atoms with Crippen LogP contribution < -0.4 is 5.32 Å². The highest BCUT2D eigenvalue weighted by atomic mass is 35.5. The SMILES string of the molecule is Cc1cc(S(=O)(=O)N2CCN[C@@H](C)C2)ccc1C#N.Cl. The Kier molecular flexibility index (Phi) is 5.54. The van der Waals surface area contributed by atoms with Gasteiger partial charge in [0.05, 0.1) is 16.5 Å². The predicted molar refractivity (Wildman–Crippen MR) is 79.4 cm³/mol. The van der Waals surface area contributed by atoms with Crippen molar-refractivity contribution in [3.05, 3.63) is 29.3 Å². The molecule has 1 atom stereocenters. The van der Waals surface area contributed by atoms with Crippen LogP contribution in [0.5, 0.6) is 0 Å². The molecule has 1 fully saturated rings. The molecule has 0 radical (unpaired) electrons. The Morgan fingerprint density at radius 3 is 2.70 bits per heavy atom. The predicted octanol–water partition coefficient (Wildman–Crippen LogP) is 1.27. The number of aryl methyl sites for hydroxylation is 1. The molecular formula is C13H18ClN3O2S. The van der Waals surface area contributed by atoms with Gasteiger partial charge in [0.25, 0.3) is 0 Å². The number of nitriles is 1. The highest BCUT2D eigenvalue weighted by molar-refractivity contribution is 7.89. The largest absolute Gasteiger partial charge is 0.312 e. The maximum atomic E-state index is 12.5. The van der Waals surface area contributed by atoms with Crippen LogP contribution >= 0.6 is 12.4 Å². The first-order chi connectivity index (χ1) is 8.95. The van der Waals surface area contributed by atoms with E-state index in [1.807, 2.05) is 13.0 Å². The minimum atomic E-state index is -3.46. The zero-order valence-corrected chi connectivity index (χ0v) is 13.1. The molecule has 0 spiro atoms. The van der Waals surface area contributed by atoms with Crippen LogP contribution in [-0.2, 0) is 10.0 Å². The van der Waals surface area contributed by atoms with E-state index in [9.17, 15) is 8.42 Å². The fourth-order valence-corrected chi connectivity index (χ4v) is 3.80. The van der Waals surface area contributed by atoms with E-state index in [0.29, 0.717) is 30.8 Å². The van der Waals surface area contributed by atoms with Crippen LogP contribution in [-0.4, -0.2) is 38.4 Å². The standard InChI is InChI=1S/C13H17N3O2S.ClH/c1-10-7-13(4-3-12(10)8-14)19(17,18)16-6-5-15-11(2)9-16;/h3-4,7,11,15H,5-6,9H2,1-2H3;1H/t11-;/m0./s1. The Balaban J connectivity index is 0.00000200. The number of halogens is 1. The van der Waals surface area contributed by atoms with E-state index in [1.54, 1.807) is 19.1 Å². The van der Waals surface area contributed by atoms with E-state index in [0.717, 1.165) is 0 Å². The highest BCUT2D eigenvalue weighted by Gasteiger charge is 2.28. The normalized spacial score (nSPS) is 19.9. The van der Waals surface area contributed by atoms with E-state index >= 15 is 0 Å². The van der Waals surface area contributed by atoms with Crippen molar-refractivity contribution >= 4 is 22.4 Å². The number of nitrogens with one attached hydrogen (secondary N) is 1. The molecule has 1 heterocycles. The van der Waals surface area contributed by atoms with E-state index in [-0.39, 0.29) is 23.3 Å². The van der Waals surface area contributed by atoms with Gasteiger partial charge in [-0.05, 0) is 37.6 Å². The van der Waals surface area contributed by atoms with Crippen LogP contribution in [0.3, 0.4) is 0 Å². The van der Waals surface area contributed by atoms with Crippen molar-refractivity contribution in [3.8, 4) is 6.07 Å². The van der Waals surface area contributed by atoms with Gasteiger partial charge in [0.1, 0.15) is 0 Å². The smallest absolute Gasteiger partial charge is 0.243 e. The number of sulfonamides is 1. The van der Waals surface area contributed by atoms with Crippen molar-refractivity contribution in [1.29, 1.82) is 5.26 Å². The average molecular weight is 316 g/mol. The van der Waals surface area contributed by atoms with Crippen LogP contribution in [0.25, 0.3) is 0 Å². The number of hydrogen-bond donors (Lipinski definition) is 1. The van der Waals surface area contributed by atoms with Gasteiger partial charge in [0.15, 0.2) is 0 Å². The summed E-state index contributed by atoms with van der Waals surface area (Å²) in [5, 5.41) is 12.1. The van der Waals surface area contributed by atoms with Gasteiger partial charge in [0.2, 0.25) is 10.0 Å². The first-order valence-corrected chi connectivity index (χ1v) is 7.63. The monoisotopic (exact) mass is 315 g/mol. The number of hydrogen-bond acceptors (Lipinski definition) is 4. The van der Waals surface area contributed by atoms with Crippen molar-refractivity contribution in [2.75, 3.05) is 19.6 Å². The third-order valence-electron chi connectivity index (χ3n) is 3.29. The average Bonchev–Trinajstić information content (AvgIpc) is 2.38. The summed E-state index contributed by atoms with van der Waals surface area (Å²) in [5.41, 5.74) is 1.19. The molecule has 1 aliphatic rings. The second-order valence-corrected chi connectivity index (χ2v) is 6.74. The number of piperazine rings is 1. The molecule has 0 aliphatic carbocycles. The zero-order chi connectivity index (χ0) is 14.0. The Morgan fingerprint density at radius 1 is 1.45 bits per heavy atom. The molecule has 0 amide bonds. The summed E-state index contributed by atoms with van der Waals surface area (Å²) in [5.74, 6) is 0. The Morgan fingerprint density at radius 2 is 2.15 bits per heavy atom. The molecule has 1 aromatic rings. The summed E-state index contributed by atoms with van der Waals surface area (Å²) in [6.07, 6.45) is 0. The van der Waals surface area contributed by atoms with Crippen molar-refractivity contribution in [3.63, 3.8) is 0 Å². The third kappa shape index (κ3) is 3.30. The van der Waals surface area contributed by atoms with Gasteiger partial charge in [-0.1, -0.05) is 0 Å². The Hall–Kier alpha value is -1.13. The van der Waals surface area contributed by atoms with Crippen LogP contribution in [0.1, 0.15) is 18.1 Å². The lowest BCUT2D eigenvalue weighted by atomic mass is 10.1. The fourth-order valence-electron chi connectivity index (χ4n) is 2.19. The molecule has 0 unspecified atom stereocenters. The molecule has 0 aromatic heterocycles. The maximum absolute atomic E-state index is 12.5. The van der Waals surface area contributed by atoms with Crippen molar-refractivity contribution in [2.45, 2.75) is 24.8 Å². The summed E-state index contributed by atoms with van der Waals surface area (Å²) in [6.45, 7) is 5.33. The summed E-state index contributed by atoms with van der Waals surface area (Å²) in [4.78, 5) is 0.262. The lowest BCUT2D eigenvalue weighted by molar-refractivity contribution is 0.310. The second kappa shape index (κ2) is 6.55. The molecule has 0 saturated carbocycles. The lowest BCUT2D eigenvalue weighted by Gasteiger charge is -2.31. The van der Waals surface area contributed by atoms with Gasteiger partial charge in [-0.2, -0.15) is 9.57 Å². The zero-order valence-electron chi connectivity index (χ0n) is 11.5. The molecule has 110 valence electrons. The summed E-state index contributed by atoms with van der Waals surface area (Å²) in [6, 6.07) is 6.84. The molecule has 1 aliphatic heterocycles. The van der Waals surface area contributed by atoms with Crippen LogP contribution in [0.4, 0.5) is 0 Å². The molecule has 20 heavy (non-hydrogen) atoms. The van der Waals surface area contributed by atoms with Gasteiger partial charge in [-0.25, -0.2) is 8.42 Å². The summed E-state index contributed by atoms with van der Waals surface area (Å²) in [7, 11) is -3.46. The third-order valence-corrected chi connectivity index (χ3v) is 5.15. The maximum Gasteiger partial charge on any atom is 0.243 e. The molecule has 2 rings (SSSR count). The van der Waals surface area contributed by atoms with Crippen molar-refractivity contribution < 1.29 is 8.42 Å². The van der Waals surface area contributed by atoms with Crippen molar-refractivity contribution in [2.24, 2.45) is 0 Å². The molecule has 1 saturated heterocycles. The number of benzene rings is 1. The van der Waals surface area contributed by atoms with Gasteiger partial charge in [-0.3, -0.25) is 0 Å². The minimum Gasteiger partial charge on any atom is -0.312 e. The van der Waals surface area contributed by atoms with Crippen LogP contribution in [0.15, 0.2) is 23.1 Å². The van der Waals surface area contributed by atoms with E-state index in [1.165, 1.54) is 10.4 Å². The van der Waals surface area contributed by atoms with E-state index in [2.05, 4.69) is 5.32 Å². The number of nitrogens with zero attached hydrogens (tertiary/aromatic N) is 2. The quantitative estimate of drug-likeness (QED) is 0.892. The number of rotatable bonds is 2. The first-order valence-electron chi connectivity index (χ1n) is 6.19. The van der Waals surface area contributed by atoms with Gasteiger partial charge in [-0.15, -0.1) is 12.4 Å². The first kappa shape index (κ1) is 16.9. The van der Waals surface area contributed by atoms with E-state index < -0.39 is 10.0 Å². The van der Waals surface area contributed by atoms with Crippen LogP contribution in [0.2, 0.25) is 0 Å². The minimum absolute atomic E-state index is 0. The molecule has 0 bridgehead atoms. The summed E-state index contributed by atoms with van der Waals surface area (Å²) >= 11 is 0. The highest BCUT2D eigenvalue weighted by Crippen LogP contribution is 2.20. The molecular weight excluding hydrogens is 298 g/mol. The Bertz CT molecular complexity index is 625. The fraction of sp³-hybridized carbons (Fsp3) is 0.462. The van der Waals surface area contributed by atoms with E-state index in [4.69, 9.17) is 5.26 Å². The molecule has 7 heteroatoms. The van der Waals surface area contributed by atoms with Crippen molar-refractivity contribution in [1.82, 2.24) is 9.62 Å². The molecule has 5 nitrogen and oxygen atoms in total. The summed E-state index contributed by atoms with van der Waals surface area (Å²) < 4.78 is 26.5. The topological polar surface area (TPSA) is 73.2 Å². The Labute approximate surface area is 126 Å². The lowest BCUT2D eigenvalue weighted by Crippen LogP contribution is -2.51. The second-order valence-electron chi connectivity index (χ2n) is 4.81.